The molecule has 0 unspecified atom stereocenters. The van der Waals surface area contributed by atoms with Gasteiger partial charge in [0.1, 0.15) is 5.82 Å². The highest BCUT2D eigenvalue weighted by molar-refractivity contribution is 5.47. The van der Waals surface area contributed by atoms with E-state index in [2.05, 4.69) is 16.0 Å². The third-order valence-corrected chi connectivity index (χ3v) is 4.49. The summed E-state index contributed by atoms with van der Waals surface area (Å²) in [6.07, 6.45) is 5.71. The van der Waals surface area contributed by atoms with Crippen molar-refractivity contribution in [3.63, 3.8) is 0 Å². The number of ether oxygens (including phenoxy) is 3. The van der Waals surface area contributed by atoms with Crippen LogP contribution in [-0.4, -0.2) is 24.9 Å². The maximum Gasteiger partial charge on any atom is 0.231 e. The molecule has 2 aliphatic heterocycles. The maximum atomic E-state index is 5.89. The Bertz CT molecular complexity index is 699. The summed E-state index contributed by atoms with van der Waals surface area (Å²) in [6.45, 7) is 3.56. The fraction of sp³-hybridized carbons (Fsp3) is 0.421. The zero-order valence-electron chi connectivity index (χ0n) is 13.7. The van der Waals surface area contributed by atoms with Crippen molar-refractivity contribution in [1.82, 2.24) is 4.98 Å². The monoisotopic (exact) mass is 326 g/mol. The second kappa shape index (κ2) is 7.09. The Morgan fingerprint density at radius 1 is 1.04 bits per heavy atom. The lowest BCUT2D eigenvalue weighted by atomic mass is 10.1. The molecule has 0 saturated carbocycles. The largest absolute Gasteiger partial charge is 0.454 e. The second-order valence-electron chi connectivity index (χ2n) is 6.21. The first-order chi connectivity index (χ1) is 11.9. The van der Waals surface area contributed by atoms with Gasteiger partial charge in [-0.25, -0.2) is 4.98 Å². The molecule has 3 heterocycles. The lowest BCUT2D eigenvalue weighted by Gasteiger charge is -2.27. The summed E-state index contributed by atoms with van der Waals surface area (Å²) in [5.41, 5.74) is 2.17. The maximum absolute atomic E-state index is 5.89. The predicted octanol–water partition coefficient (Wildman–Crippen LogP) is 3.52. The van der Waals surface area contributed by atoms with Gasteiger partial charge in [0.25, 0.3) is 0 Å². The van der Waals surface area contributed by atoms with Gasteiger partial charge in [-0.3, -0.25) is 0 Å². The molecule has 0 radical (unpaired) electrons. The third-order valence-electron chi connectivity index (χ3n) is 4.49. The van der Waals surface area contributed by atoms with E-state index < -0.39 is 0 Å². The van der Waals surface area contributed by atoms with E-state index in [1.807, 2.05) is 30.5 Å². The molecule has 126 valence electrons. The van der Waals surface area contributed by atoms with Crippen molar-refractivity contribution >= 4 is 5.82 Å². The van der Waals surface area contributed by atoms with Gasteiger partial charge in [0.15, 0.2) is 11.5 Å². The van der Waals surface area contributed by atoms with Crippen LogP contribution in [0, 0.1) is 0 Å². The summed E-state index contributed by atoms with van der Waals surface area (Å²) in [5, 5.41) is 0. The van der Waals surface area contributed by atoms with Crippen molar-refractivity contribution in [1.29, 1.82) is 0 Å². The minimum absolute atomic E-state index is 0.288. The molecule has 1 fully saturated rings. The number of para-hydroxylation sites is 1. The van der Waals surface area contributed by atoms with Crippen molar-refractivity contribution in [2.75, 3.05) is 24.8 Å². The Kier molecular flexibility index (Phi) is 4.51. The Balaban J connectivity index is 1.37. The van der Waals surface area contributed by atoms with Crippen LogP contribution in [0.15, 0.2) is 36.5 Å². The van der Waals surface area contributed by atoms with Gasteiger partial charge in [-0.15, -0.1) is 0 Å². The summed E-state index contributed by atoms with van der Waals surface area (Å²) in [7, 11) is 0. The number of hydrogen-bond acceptors (Lipinski definition) is 5. The Labute approximate surface area is 142 Å². The molecule has 0 N–H and O–H groups in total. The molecule has 24 heavy (non-hydrogen) atoms. The van der Waals surface area contributed by atoms with Crippen LogP contribution >= 0.6 is 0 Å². The third kappa shape index (κ3) is 3.31. The molecule has 1 saturated heterocycles. The fourth-order valence-electron chi connectivity index (χ4n) is 3.23. The quantitative estimate of drug-likeness (QED) is 0.841. The van der Waals surface area contributed by atoms with Gasteiger partial charge in [-0.05, 0) is 43.0 Å². The number of anilines is 1. The topological polar surface area (TPSA) is 43.8 Å². The lowest BCUT2D eigenvalue weighted by Crippen LogP contribution is -2.30. The summed E-state index contributed by atoms with van der Waals surface area (Å²) < 4.78 is 16.8. The van der Waals surface area contributed by atoms with E-state index in [1.165, 1.54) is 19.3 Å². The van der Waals surface area contributed by atoms with Crippen LogP contribution in [0.5, 0.6) is 11.5 Å². The van der Waals surface area contributed by atoms with Crippen LogP contribution in [0.2, 0.25) is 0 Å². The van der Waals surface area contributed by atoms with Crippen molar-refractivity contribution in [3.05, 3.63) is 47.7 Å². The number of nitrogens with zero attached hydrogens (tertiary/aromatic N) is 2. The molecular formula is C19H22N2O3. The molecular weight excluding hydrogens is 304 g/mol. The average molecular weight is 326 g/mol. The van der Waals surface area contributed by atoms with Crippen LogP contribution in [0.4, 0.5) is 5.82 Å². The molecule has 0 atom stereocenters. The molecule has 2 aliphatic rings. The lowest BCUT2D eigenvalue weighted by molar-refractivity contribution is 0.104. The Hall–Kier alpha value is -2.27. The number of hydrogen-bond donors (Lipinski definition) is 0. The number of pyridine rings is 1. The molecule has 4 rings (SSSR count). The Morgan fingerprint density at radius 2 is 1.96 bits per heavy atom. The van der Waals surface area contributed by atoms with E-state index in [1.54, 1.807) is 0 Å². The molecule has 5 heteroatoms. The Morgan fingerprint density at radius 3 is 2.88 bits per heavy atom. The molecule has 0 spiro atoms. The smallest absolute Gasteiger partial charge is 0.231 e. The SMILES string of the molecule is c1cc(COCc2ccnc(N3CCCCC3)c2)c2c(c1)OCO2. The zero-order chi connectivity index (χ0) is 16.2. The molecule has 1 aromatic heterocycles. The summed E-state index contributed by atoms with van der Waals surface area (Å²) in [4.78, 5) is 6.87. The van der Waals surface area contributed by atoms with Crippen molar-refractivity contribution in [2.24, 2.45) is 0 Å². The van der Waals surface area contributed by atoms with Gasteiger partial charge in [0.2, 0.25) is 6.79 Å². The van der Waals surface area contributed by atoms with E-state index >= 15 is 0 Å². The first kappa shape index (κ1) is 15.3. The number of benzene rings is 1. The molecule has 1 aromatic carbocycles. The number of aromatic nitrogens is 1. The molecule has 2 aromatic rings. The number of fused-ring (bicyclic) bond motifs is 1. The van der Waals surface area contributed by atoms with Crippen LogP contribution < -0.4 is 14.4 Å². The van der Waals surface area contributed by atoms with Gasteiger partial charge in [0.05, 0.1) is 13.2 Å². The van der Waals surface area contributed by atoms with Crippen molar-refractivity contribution < 1.29 is 14.2 Å². The van der Waals surface area contributed by atoms with Gasteiger partial charge < -0.3 is 19.1 Å². The first-order valence-electron chi connectivity index (χ1n) is 8.55. The van der Waals surface area contributed by atoms with Crippen molar-refractivity contribution in [3.8, 4) is 11.5 Å². The molecule has 5 nitrogen and oxygen atoms in total. The van der Waals surface area contributed by atoms with Gasteiger partial charge >= 0.3 is 0 Å². The van der Waals surface area contributed by atoms with E-state index in [-0.39, 0.29) is 6.79 Å². The van der Waals surface area contributed by atoms with E-state index in [0.29, 0.717) is 13.2 Å². The van der Waals surface area contributed by atoms with Gasteiger partial charge in [0, 0.05) is 24.8 Å². The minimum Gasteiger partial charge on any atom is -0.454 e. The standard InChI is InChI=1S/C19H22N2O3/c1-2-9-21(10-3-1)18-11-15(7-8-20-18)12-22-13-16-5-4-6-17-19(16)24-14-23-17/h4-8,11H,1-3,9-10,12-14H2. The highest BCUT2D eigenvalue weighted by atomic mass is 16.7. The van der Waals surface area contributed by atoms with E-state index in [0.717, 1.165) is 41.5 Å². The number of rotatable bonds is 5. The van der Waals surface area contributed by atoms with E-state index in [9.17, 15) is 0 Å². The average Bonchev–Trinajstić information content (AvgIpc) is 3.12. The van der Waals surface area contributed by atoms with Crippen molar-refractivity contribution in [2.45, 2.75) is 32.5 Å². The predicted molar refractivity (Wildman–Crippen MR) is 91.4 cm³/mol. The van der Waals surface area contributed by atoms with Crippen LogP contribution in [-0.2, 0) is 18.0 Å². The molecule has 0 aliphatic carbocycles. The van der Waals surface area contributed by atoms with E-state index in [4.69, 9.17) is 14.2 Å². The molecule has 0 bridgehead atoms. The zero-order valence-corrected chi connectivity index (χ0v) is 13.7. The van der Waals surface area contributed by atoms with Crippen LogP contribution in [0.1, 0.15) is 30.4 Å². The summed E-state index contributed by atoms with van der Waals surface area (Å²) in [5.74, 6) is 2.67. The number of piperidine rings is 1. The molecule has 0 amide bonds. The highest BCUT2D eigenvalue weighted by Gasteiger charge is 2.17. The first-order valence-corrected chi connectivity index (χ1v) is 8.55. The highest BCUT2D eigenvalue weighted by Crippen LogP contribution is 2.35. The summed E-state index contributed by atoms with van der Waals surface area (Å²) in [6, 6.07) is 10.1. The normalized spacial score (nSPS) is 16.4. The van der Waals surface area contributed by atoms with Crippen LogP contribution in [0.3, 0.4) is 0 Å². The fourth-order valence-corrected chi connectivity index (χ4v) is 3.23. The second-order valence-corrected chi connectivity index (χ2v) is 6.21. The summed E-state index contributed by atoms with van der Waals surface area (Å²) >= 11 is 0. The minimum atomic E-state index is 0.288. The van der Waals surface area contributed by atoms with Gasteiger partial charge in [-0.1, -0.05) is 12.1 Å². The van der Waals surface area contributed by atoms with Gasteiger partial charge in [-0.2, -0.15) is 0 Å². The van der Waals surface area contributed by atoms with Crippen LogP contribution in [0.25, 0.3) is 0 Å².